The van der Waals surface area contributed by atoms with Crippen LogP contribution in [0.3, 0.4) is 0 Å². The van der Waals surface area contributed by atoms with Crippen LogP contribution in [0.5, 0.6) is 0 Å². The number of allylic oxidation sites excluding steroid dienone is 2. The van der Waals surface area contributed by atoms with Gasteiger partial charge in [-0.1, -0.05) is 83.3 Å². The Labute approximate surface area is 134 Å². The largest absolute Gasteiger partial charge is 0.179 e. The molecule has 120 valence electrons. The summed E-state index contributed by atoms with van der Waals surface area (Å²) in [7, 11) is 0. The molecule has 0 rings (SSSR count). The van der Waals surface area contributed by atoms with Crippen molar-refractivity contribution in [3.63, 3.8) is 0 Å². The minimum absolute atomic E-state index is 1.06. The first-order valence-corrected chi connectivity index (χ1v) is 9.81. The second kappa shape index (κ2) is 19.1. The van der Waals surface area contributed by atoms with Gasteiger partial charge in [0.25, 0.3) is 0 Å². The van der Waals surface area contributed by atoms with Crippen LogP contribution in [0.15, 0.2) is 12.2 Å². The van der Waals surface area contributed by atoms with E-state index in [1.807, 2.05) is 0 Å². The van der Waals surface area contributed by atoms with Gasteiger partial charge in [-0.3, -0.25) is 0 Å². The zero-order chi connectivity index (χ0) is 14.7. The Morgan fingerprint density at radius 3 is 1.40 bits per heavy atom. The third-order valence-corrected chi connectivity index (χ3v) is 4.24. The van der Waals surface area contributed by atoms with Gasteiger partial charge in [0.1, 0.15) is 0 Å². The van der Waals surface area contributed by atoms with Gasteiger partial charge in [-0.05, 0) is 37.9 Å². The van der Waals surface area contributed by atoms with E-state index in [1.165, 1.54) is 96.3 Å². The summed E-state index contributed by atoms with van der Waals surface area (Å²) >= 11 is 4.24. The van der Waals surface area contributed by atoms with Crippen LogP contribution in [0.1, 0.15) is 103 Å². The molecule has 0 bridgehead atoms. The Hall–Kier alpha value is 0.0900. The summed E-state index contributed by atoms with van der Waals surface area (Å²) in [6.07, 6.45) is 25.6. The summed E-state index contributed by atoms with van der Waals surface area (Å²) in [6.45, 7) is 2.28. The molecular weight excluding hydrogens is 260 g/mol. The van der Waals surface area contributed by atoms with Crippen molar-refractivity contribution in [1.29, 1.82) is 0 Å². The molecule has 1 heteroatoms. The molecule has 0 nitrogen and oxygen atoms in total. The normalized spacial score (nSPS) is 11.5. The smallest absolute Gasteiger partial charge is 0.00979 e. The molecule has 0 aliphatic carbocycles. The van der Waals surface area contributed by atoms with Gasteiger partial charge in [-0.25, -0.2) is 0 Å². The Morgan fingerprint density at radius 1 is 0.550 bits per heavy atom. The molecule has 0 N–H and O–H groups in total. The summed E-state index contributed by atoms with van der Waals surface area (Å²) in [5.74, 6) is 1.06. The lowest BCUT2D eigenvalue weighted by molar-refractivity contribution is 0.567. The minimum atomic E-state index is 1.06. The first-order chi connectivity index (χ1) is 9.91. The van der Waals surface area contributed by atoms with Crippen LogP contribution in [0.25, 0.3) is 0 Å². The highest BCUT2D eigenvalue weighted by molar-refractivity contribution is 7.80. The molecule has 0 radical (unpaired) electrons. The second-order valence-electron chi connectivity index (χ2n) is 6.02. The van der Waals surface area contributed by atoms with Gasteiger partial charge in [0.15, 0.2) is 0 Å². The standard InChI is InChI=1S/C19H38S/c1-2-3-4-5-6-7-8-9-10-11-12-13-14-15-16-17-18-19-20/h7-8,20H,2-6,9-19H2,1H3/b8-7-. The number of unbranched alkanes of at least 4 members (excludes halogenated alkanes) is 13. The Bertz CT molecular complexity index is 186. The quantitative estimate of drug-likeness (QED) is 0.172. The molecule has 0 aromatic carbocycles. The number of hydrogen-bond donors (Lipinski definition) is 1. The summed E-state index contributed by atoms with van der Waals surface area (Å²) in [6, 6.07) is 0. The van der Waals surface area contributed by atoms with Crippen LogP contribution >= 0.6 is 12.6 Å². The number of rotatable bonds is 16. The zero-order valence-electron chi connectivity index (χ0n) is 13.9. The molecule has 0 aromatic heterocycles. The van der Waals surface area contributed by atoms with Gasteiger partial charge >= 0.3 is 0 Å². The molecule has 0 aliphatic heterocycles. The van der Waals surface area contributed by atoms with Gasteiger partial charge in [0.05, 0.1) is 0 Å². The van der Waals surface area contributed by atoms with Crippen molar-refractivity contribution in [2.75, 3.05) is 5.75 Å². The molecule has 0 fully saturated rings. The van der Waals surface area contributed by atoms with Gasteiger partial charge in [0.2, 0.25) is 0 Å². The highest BCUT2D eigenvalue weighted by atomic mass is 32.1. The van der Waals surface area contributed by atoms with Crippen LogP contribution in [0, 0.1) is 0 Å². The monoisotopic (exact) mass is 298 g/mol. The van der Waals surface area contributed by atoms with E-state index in [2.05, 4.69) is 31.7 Å². The van der Waals surface area contributed by atoms with Crippen molar-refractivity contribution in [2.24, 2.45) is 0 Å². The van der Waals surface area contributed by atoms with E-state index in [4.69, 9.17) is 0 Å². The molecule has 0 heterocycles. The lowest BCUT2D eigenvalue weighted by Crippen LogP contribution is -1.82. The maximum absolute atomic E-state index is 4.24. The Morgan fingerprint density at radius 2 is 0.950 bits per heavy atom. The Kier molecular flexibility index (Phi) is 19.2. The highest BCUT2D eigenvalue weighted by Gasteiger charge is 1.92. The molecule has 0 amide bonds. The van der Waals surface area contributed by atoms with Crippen molar-refractivity contribution >= 4 is 12.6 Å². The van der Waals surface area contributed by atoms with E-state index in [0.29, 0.717) is 0 Å². The van der Waals surface area contributed by atoms with Crippen molar-refractivity contribution in [1.82, 2.24) is 0 Å². The van der Waals surface area contributed by atoms with Gasteiger partial charge in [-0.15, -0.1) is 0 Å². The third kappa shape index (κ3) is 18.1. The van der Waals surface area contributed by atoms with Crippen molar-refractivity contribution < 1.29 is 0 Å². The van der Waals surface area contributed by atoms with Crippen LogP contribution in [-0.4, -0.2) is 5.75 Å². The van der Waals surface area contributed by atoms with Crippen molar-refractivity contribution in [3.05, 3.63) is 12.2 Å². The fraction of sp³-hybridized carbons (Fsp3) is 0.895. The maximum atomic E-state index is 4.24. The van der Waals surface area contributed by atoms with Crippen molar-refractivity contribution in [2.45, 2.75) is 103 Å². The molecule has 0 saturated carbocycles. The zero-order valence-corrected chi connectivity index (χ0v) is 14.8. The van der Waals surface area contributed by atoms with Crippen LogP contribution < -0.4 is 0 Å². The maximum Gasteiger partial charge on any atom is -0.00979 e. The molecule has 0 spiro atoms. The summed E-state index contributed by atoms with van der Waals surface area (Å²) in [5.41, 5.74) is 0. The van der Waals surface area contributed by atoms with E-state index in [9.17, 15) is 0 Å². The summed E-state index contributed by atoms with van der Waals surface area (Å²) in [5, 5.41) is 0. The summed E-state index contributed by atoms with van der Waals surface area (Å²) in [4.78, 5) is 0. The van der Waals surface area contributed by atoms with E-state index in [-0.39, 0.29) is 0 Å². The molecule has 0 aromatic rings. The van der Waals surface area contributed by atoms with Gasteiger partial charge in [0, 0.05) is 0 Å². The lowest BCUT2D eigenvalue weighted by atomic mass is 10.1. The van der Waals surface area contributed by atoms with Gasteiger partial charge < -0.3 is 0 Å². The van der Waals surface area contributed by atoms with E-state index >= 15 is 0 Å². The van der Waals surface area contributed by atoms with Crippen LogP contribution in [-0.2, 0) is 0 Å². The number of hydrogen-bond acceptors (Lipinski definition) is 1. The topological polar surface area (TPSA) is 0 Å². The summed E-state index contributed by atoms with van der Waals surface area (Å²) < 4.78 is 0. The average Bonchev–Trinajstić information content (AvgIpc) is 2.47. The highest BCUT2D eigenvalue weighted by Crippen LogP contribution is 2.11. The van der Waals surface area contributed by atoms with E-state index in [0.717, 1.165) is 5.75 Å². The van der Waals surface area contributed by atoms with Crippen LogP contribution in [0.2, 0.25) is 0 Å². The predicted octanol–water partition coefficient (Wildman–Crippen LogP) is 7.34. The van der Waals surface area contributed by atoms with E-state index in [1.54, 1.807) is 0 Å². The van der Waals surface area contributed by atoms with Crippen molar-refractivity contribution in [3.8, 4) is 0 Å². The minimum Gasteiger partial charge on any atom is -0.179 e. The first-order valence-electron chi connectivity index (χ1n) is 9.17. The molecule has 0 atom stereocenters. The molecule has 0 saturated heterocycles. The SMILES string of the molecule is CCCCCC/C=C\CCCCCCCCCCCS. The molecular formula is C19H38S. The second-order valence-corrected chi connectivity index (χ2v) is 6.46. The van der Waals surface area contributed by atoms with Gasteiger partial charge in [-0.2, -0.15) is 12.6 Å². The molecule has 0 aliphatic rings. The third-order valence-electron chi connectivity index (χ3n) is 3.92. The first kappa shape index (κ1) is 20.1. The lowest BCUT2D eigenvalue weighted by Gasteiger charge is -2.01. The molecule has 0 unspecified atom stereocenters. The fourth-order valence-electron chi connectivity index (χ4n) is 2.54. The Balaban J connectivity index is 3.00. The predicted molar refractivity (Wildman–Crippen MR) is 97.9 cm³/mol. The van der Waals surface area contributed by atoms with E-state index < -0.39 is 0 Å². The number of thiol groups is 1. The molecule has 20 heavy (non-hydrogen) atoms. The van der Waals surface area contributed by atoms with Crippen LogP contribution in [0.4, 0.5) is 0 Å². The average molecular weight is 299 g/mol. The fourth-order valence-corrected chi connectivity index (χ4v) is 2.76.